The molecule has 3 nitrogen and oxygen atoms in total. The van der Waals surface area contributed by atoms with Gasteiger partial charge in [-0.3, -0.25) is 4.99 Å². The summed E-state index contributed by atoms with van der Waals surface area (Å²) in [4.78, 5) is 4.20. The van der Waals surface area contributed by atoms with Crippen LogP contribution in [0.4, 0.5) is 0 Å². The van der Waals surface area contributed by atoms with Gasteiger partial charge in [-0.25, -0.2) is 0 Å². The number of nitrogens with one attached hydrogen (secondary N) is 2. The number of hydrogen-bond donors (Lipinski definition) is 2. The minimum absolute atomic E-state index is 0.0363. The normalized spacial score (nSPS) is 12.4. The number of nitrogens with zero attached hydrogens (tertiary/aromatic N) is 1. The van der Waals surface area contributed by atoms with Crippen molar-refractivity contribution in [1.29, 1.82) is 0 Å². The van der Waals surface area contributed by atoms with Gasteiger partial charge in [0.25, 0.3) is 0 Å². The van der Waals surface area contributed by atoms with Gasteiger partial charge in [0.15, 0.2) is 5.96 Å². The summed E-state index contributed by atoms with van der Waals surface area (Å²) >= 11 is 0. The third kappa shape index (κ3) is 5.95. The minimum atomic E-state index is 0.0363. The molecule has 0 amide bonds. The Labute approximate surface area is 104 Å². The van der Waals surface area contributed by atoms with Gasteiger partial charge in [0, 0.05) is 19.1 Å². The fourth-order valence-electron chi connectivity index (χ4n) is 1.50. The fourth-order valence-corrected chi connectivity index (χ4v) is 1.50. The molecule has 17 heavy (non-hydrogen) atoms. The molecule has 0 fully saturated rings. The van der Waals surface area contributed by atoms with Crippen LogP contribution in [0.25, 0.3) is 0 Å². The molecule has 1 aromatic rings. The van der Waals surface area contributed by atoms with Gasteiger partial charge in [-0.1, -0.05) is 30.3 Å². The van der Waals surface area contributed by atoms with Gasteiger partial charge < -0.3 is 10.6 Å². The summed E-state index contributed by atoms with van der Waals surface area (Å²) in [7, 11) is 1.80. The lowest BCUT2D eigenvalue weighted by atomic mass is 10.1. The Bertz CT molecular complexity index is 349. The van der Waals surface area contributed by atoms with E-state index in [-0.39, 0.29) is 5.54 Å². The highest BCUT2D eigenvalue weighted by atomic mass is 15.2. The number of hydrogen-bond acceptors (Lipinski definition) is 1. The number of guanidine groups is 1. The number of rotatable bonds is 3. The molecule has 0 saturated carbocycles. The van der Waals surface area contributed by atoms with E-state index in [1.807, 2.05) is 6.07 Å². The molecule has 0 bridgehead atoms. The maximum Gasteiger partial charge on any atom is 0.191 e. The van der Waals surface area contributed by atoms with Crippen molar-refractivity contribution in [2.24, 2.45) is 4.99 Å². The molecule has 0 unspecified atom stereocenters. The fraction of sp³-hybridized carbons (Fsp3) is 0.500. The van der Waals surface area contributed by atoms with Crippen molar-refractivity contribution in [3.63, 3.8) is 0 Å². The third-order valence-electron chi connectivity index (χ3n) is 2.27. The standard InChI is InChI=1S/C14H23N3/c1-14(2,3)17-13(15-4)16-11-10-12-8-6-5-7-9-12/h5-9H,10-11H2,1-4H3,(H2,15,16,17). The summed E-state index contributed by atoms with van der Waals surface area (Å²) in [5.41, 5.74) is 1.38. The lowest BCUT2D eigenvalue weighted by Crippen LogP contribution is -2.48. The number of benzene rings is 1. The van der Waals surface area contributed by atoms with Gasteiger partial charge in [0.05, 0.1) is 0 Å². The zero-order chi connectivity index (χ0) is 12.7. The Balaban J connectivity index is 2.35. The van der Waals surface area contributed by atoms with E-state index in [1.165, 1.54) is 5.56 Å². The summed E-state index contributed by atoms with van der Waals surface area (Å²) in [5.74, 6) is 0.855. The van der Waals surface area contributed by atoms with Crippen molar-refractivity contribution in [2.45, 2.75) is 32.7 Å². The lowest BCUT2D eigenvalue weighted by molar-refractivity contribution is 0.501. The van der Waals surface area contributed by atoms with Crippen LogP contribution in [0, 0.1) is 0 Å². The van der Waals surface area contributed by atoms with Crippen LogP contribution in [0.3, 0.4) is 0 Å². The summed E-state index contributed by atoms with van der Waals surface area (Å²) in [6, 6.07) is 10.5. The van der Waals surface area contributed by atoms with Crippen LogP contribution in [0.5, 0.6) is 0 Å². The molecule has 0 aliphatic rings. The van der Waals surface area contributed by atoms with E-state index in [9.17, 15) is 0 Å². The van der Waals surface area contributed by atoms with Crippen molar-refractivity contribution >= 4 is 5.96 Å². The van der Waals surface area contributed by atoms with Crippen molar-refractivity contribution in [1.82, 2.24) is 10.6 Å². The molecular formula is C14H23N3. The first kappa shape index (κ1) is 13.6. The van der Waals surface area contributed by atoms with Crippen LogP contribution in [-0.2, 0) is 6.42 Å². The maximum absolute atomic E-state index is 4.20. The quantitative estimate of drug-likeness (QED) is 0.620. The molecule has 0 aliphatic carbocycles. The van der Waals surface area contributed by atoms with E-state index in [2.05, 4.69) is 60.7 Å². The monoisotopic (exact) mass is 233 g/mol. The summed E-state index contributed by atoms with van der Waals surface area (Å²) in [6.45, 7) is 7.25. The van der Waals surface area contributed by atoms with Gasteiger partial charge >= 0.3 is 0 Å². The van der Waals surface area contributed by atoms with Gasteiger partial charge in [0.1, 0.15) is 0 Å². The molecule has 0 saturated heterocycles. The first-order valence-electron chi connectivity index (χ1n) is 6.04. The lowest BCUT2D eigenvalue weighted by Gasteiger charge is -2.23. The van der Waals surface area contributed by atoms with Crippen LogP contribution in [0.15, 0.2) is 35.3 Å². The molecule has 2 N–H and O–H groups in total. The molecule has 1 aromatic carbocycles. The van der Waals surface area contributed by atoms with Gasteiger partial charge in [-0.05, 0) is 32.8 Å². The molecule has 0 aliphatic heterocycles. The summed E-state index contributed by atoms with van der Waals surface area (Å²) in [6.07, 6.45) is 1.01. The minimum Gasteiger partial charge on any atom is -0.356 e. The predicted molar refractivity (Wildman–Crippen MR) is 74.4 cm³/mol. The molecule has 0 atom stereocenters. The number of aliphatic imine (C=N–C) groups is 1. The largest absolute Gasteiger partial charge is 0.356 e. The molecular weight excluding hydrogens is 210 g/mol. The van der Waals surface area contributed by atoms with Crippen LogP contribution < -0.4 is 10.6 Å². The van der Waals surface area contributed by atoms with Crippen LogP contribution in [0.1, 0.15) is 26.3 Å². The Morgan fingerprint density at radius 1 is 1.18 bits per heavy atom. The highest BCUT2D eigenvalue weighted by Crippen LogP contribution is 1.99. The second-order valence-corrected chi connectivity index (χ2v) is 5.11. The highest BCUT2D eigenvalue weighted by Gasteiger charge is 2.10. The van der Waals surface area contributed by atoms with E-state index in [4.69, 9.17) is 0 Å². The van der Waals surface area contributed by atoms with Crippen molar-refractivity contribution in [2.75, 3.05) is 13.6 Å². The van der Waals surface area contributed by atoms with Gasteiger partial charge in [-0.15, -0.1) is 0 Å². The summed E-state index contributed by atoms with van der Waals surface area (Å²) in [5, 5.41) is 6.64. The molecule has 0 heterocycles. The van der Waals surface area contributed by atoms with Crippen LogP contribution in [-0.4, -0.2) is 25.1 Å². The molecule has 3 heteroatoms. The van der Waals surface area contributed by atoms with Gasteiger partial charge in [-0.2, -0.15) is 0 Å². The molecule has 1 rings (SSSR count). The zero-order valence-electron chi connectivity index (χ0n) is 11.2. The smallest absolute Gasteiger partial charge is 0.191 e. The van der Waals surface area contributed by atoms with Crippen molar-refractivity contribution < 1.29 is 0 Å². The second kappa shape index (κ2) is 6.28. The Morgan fingerprint density at radius 2 is 1.82 bits per heavy atom. The van der Waals surface area contributed by atoms with Crippen molar-refractivity contribution in [3.05, 3.63) is 35.9 Å². The Morgan fingerprint density at radius 3 is 2.35 bits per heavy atom. The third-order valence-corrected chi connectivity index (χ3v) is 2.27. The van der Waals surface area contributed by atoms with E-state index >= 15 is 0 Å². The molecule has 94 valence electrons. The molecule has 0 radical (unpaired) electrons. The average molecular weight is 233 g/mol. The zero-order valence-corrected chi connectivity index (χ0v) is 11.2. The van der Waals surface area contributed by atoms with Crippen molar-refractivity contribution in [3.8, 4) is 0 Å². The van der Waals surface area contributed by atoms with E-state index in [0.29, 0.717) is 0 Å². The average Bonchev–Trinajstić information content (AvgIpc) is 2.27. The van der Waals surface area contributed by atoms with E-state index in [0.717, 1.165) is 18.9 Å². The second-order valence-electron chi connectivity index (χ2n) is 5.11. The summed E-state index contributed by atoms with van der Waals surface area (Å²) < 4.78 is 0. The highest BCUT2D eigenvalue weighted by molar-refractivity contribution is 5.80. The Hall–Kier alpha value is -1.51. The van der Waals surface area contributed by atoms with Crippen LogP contribution >= 0.6 is 0 Å². The van der Waals surface area contributed by atoms with E-state index in [1.54, 1.807) is 7.05 Å². The van der Waals surface area contributed by atoms with E-state index < -0.39 is 0 Å². The molecule has 0 spiro atoms. The SMILES string of the molecule is CN=C(NCCc1ccccc1)NC(C)(C)C. The molecule has 0 aromatic heterocycles. The van der Waals surface area contributed by atoms with Gasteiger partial charge in [0.2, 0.25) is 0 Å². The Kier molecular flexibility index (Phi) is 5.01. The topological polar surface area (TPSA) is 36.4 Å². The first-order valence-corrected chi connectivity index (χ1v) is 6.04. The first-order chi connectivity index (χ1) is 8.01. The maximum atomic E-state index is 4.20. The van der Waals surface area contributed by atoms with Crippen LogP contribution in [0.2, 0.25) is 0 Å². The predicted octanol–water partition coefficient (Wildman–Crippen LogP) is 2.19.